The van der Waals surface area contributed by atoms with Crippen molar-refractivity contribution < 1.29 is 26.4 Å². The third-order valence-electron chi connectivity index (χ3n) is 3.10. The van der Waals surface area contributed by atoms with Crippen LogP contribution in [0, 0.1) is 17.5 Å². The molecule has 2 rings (SSSR count). The molecular formula is C17H17F3N2O3S. The summed E-state index contributed by atoms with van der Waals surface area (Å²) in [6.07, 6.45) is 0. The molecule has 26 heavy (non-hydrogen) atoms. The van der Waals surface area contributed by atoms with E-state index in [-0.39, 0.29) is 11.3 Å². The third-order valence-corrected chi connectivity index (χ3v) is 4.87. The Bertz CT molecular complexity index is 954. The number of halogens is 3. The highest BCUT2D eigenvalue weighted by Crippen LogP contribution is 2.20. The second kappa shape index (κ2) is 7.08. The van der Waals surface area contributed by atoms with Crippen LogP contribution in [0.3, 0.4) is 0 Å². The molecule has 1 amide bonds. The van der Waals surface area contributed by atoms with E-state index in [4.69, 9.17) is 0 Å². The van der Waals surface area contributed by atoms with Gasteiger partial charge < -0.3 is 5.32 Å². The second-order valence-corrected chi connectivity index (χ2v) is 8.23. The van der Waals surface area contributed by atoms with E-state index in [0.29, 0.717) is 0 Å². The molecule has 2 N–H and O–H groups in total. The Morgan fingerprint density at radius 3 is 2.12 bits per heavy atom. The molecule has 0 atom stereocenters. The zero-order valence-electron chi connectivity index (χ0n) is 14.2. The van der Waals surface area contributed by atoms with Gasteiger partial charge in [-0.15, -0.1) is 0 Å². The molecule has 0 aromatic heterocycles. The van der Waals surface area contributed by atoms with Gasteiger partial charge in [0.15, 0.2) is 11.6 Å². The maximum Gasteiger partial charge on any atom is 0.255 e. The summed E-state index contributed by atoms with van der Waals surface area (Å²) in [6.45, 7) is 4.76. The molecule has 5 nitrogen and oxygen atoms in total. The first-order valence-electron chi connectivity index (χ1n) is 7.49. The van der Waals surface area contributed by atoms with Crippen LogP contribution in [0.1, 0.15) is 31.1 Å². The van der Waals surface area contributed by atoms with Gasteiger partial charge in [-0.1, -0.05) is 0 Å². The number of carbonyl (C=O) groups is 1. The molecule has 9 heteroatoms. The van der Waals surface area contributed by atoms with Gasteiger partial charge in [0.25, 0.3) is 5.91 Å². The average molecular weight is 386 g/mol. The summed E-state index contributed by atoms with van der Waals surface area (Å²) >= 11 is 0. The highest BCUT2D eigenvalue weighted by Gasteiger charge is 2.26. The summed E-state index contributed by atoms with van der Waals surface area (Å²) in [7, 11) is -4.20. The van der Waals surface area contributed by atoms with Crippen LogP contribution in [0.15, 0.2) is 41.3 Å². The summed E-state index contributed by atoms with van der Waals surface area (Å²) in [5, 5.41) is 2.29. The molecule has 140 valence electrons. The molecule has 0 saturated carbocycles. The predicted molar refractivity (Wildman–Crippen MR) is 90.8 cm³/mol. The van der Waals surface area contributed by atoms with Crippen molar-refractivity contribution in [1.29, 1.82) is 0 Å². The van der Waals surface area contributed by atoms with E-state index in [0.717, 1.165) is 36.4 Å². The van der Waals surface area contributed by atoms with E-state index in [2.05, 4.69) is 10.0 Å². The summed E-state index contributed by atoms with van der Waals surface area (Å²) in [4.78, 5) is 11.5. The van der Waals surface area contributed by atoms with Crippen molar-refractivity contribution in [3.8, 4) is 0 Å². The van der Waals surface area contributed by atoms with Gasteiger partial charge >= 0.3 is 0 Å². The van der Waals surface area contributed by atoms with Crippen LogP contribution in [0.4, 0.5) is 18.9 Å². The van der Waals surface area contributed by atoms with E-state index in [1.54, 1.807) is 20.8 Å². The number of rotatable bonds is 4. The molecule has 0 spiro atoms. The van der Waals surface area contributed by atoms with Crippen LogP contribution in [0.5, 0.6) is 0 Å². The van der Waals surface area contributed by atoms with Gasteiger partial charge in [0.05, 0.1) is 0 Å². The first-order chi connectivity index (χ1) is 11.9. The maximum absolute atomic E-state index is 14.0. The van der Waals surface area contributed by atoms with Gasteiger partial charge in [-0.2, -0.15) is 0 Å². The van der Waals surface area contributed by atoms with Gasteiger partial charge in [0.2, 0.25) is 10.0 Å². The molecule has 0 heterocycles. The molecule has 2 aromatic rings. The lowest BCUT2D eigenvalue weighted by molar-refractivity contribution is 0.102. The van der Waals surface area contributed by atoms with Crippen molar-refractivity contribution in [2.24, 2.45) is 0 Å². The van der Waals surface area contributed by atoms with Crippen molar-refractivity contribution in [2.45, 2.75) is 31.2 Å². The molecule has 0 unspecified atom stereocenters. The smallest absolute Gasteiger partial charge is 0.255 e. The lowest BCUT2D eigenvalue weighted by Crippen LogP contribution is -2.40. The Balaban J connectivity index is 2.33. The van der Waals surface area contributed by atoms with E-state index in [1.165, 1.54) is 0 Å². The van der Waals surface area contributed by atoms with Gasteiger partial charge in [0, 0.05) is 22.9 Å². The lowest BCUT2D eigenvalue weighted by atomic mass is 10.1. The molecule has 0 aliphatic heterocycles. The fraction of sp³-hybridized carbons (Fsp3) is 0.235. The highest BCUT2D eigenvalue weighted by molar-refractivity contribution is 7.89. The minimum Gasteiger partial charge on any atom is -0.322 e. The zero-order valence-corrected chi connectivity index (χ0v) is 15.0. The van der Waals surface area contributed by atoms with E-state index >= 15 is 0 Å². The fourth-order valence-corrected chi connectivity index (χ4v) is 3.61. The Morgan fingerprint density at radius 2 is 1.54 bits per heavy atom. The minimum absolute atomic E-state index is 0.0320. The molecule has 0 saturated heterocycles. The van der Waals surface area contributed by atoms with Crippen LogP contribution < -0.4 is 10.0 Å². The van der Waals surface area contributed by atoms with Gasteiger partial charge in [-0.3, -0.25) is 4.79 Å². The van der Waals surface area contributed by atoms with Crippen LogP contribution in [-0.2, 0) is 10.0 Å². The maximum atomic E-state index is 14.0. The highest BCUT2D eigenvalue weighted by atomic mass is 32.2. The van der Waals surface area contributed by atoms with E-state index in [1.807, 2.05) is 0 Å². The predicted octanol–water partition coefficient (Wildman–Crippen LogP) is 3.43. The number of nitrogens with one attached hydrogen (secondary N) is 2. The summed E-state index contributed by atoms with van der Waals surface area (Å²) in [6, 6.07) is 5.55. The lowest BCUT2D eigenvalue weighted by Gasteiger charge is -2.20. The minimum atomic E-state index is -4.20. The Hall–Kier alpha value is -2.39. The molecule has 0 aliphatic carbocycles. The monoisotopic (exact) mass is 386 g/mol. The number of benzene rings is 2. The SMILES string of the molecule is CC(C)(C)NS(=O)(=O)c1cc(C(=O)Nc2ccc(F)c(F)c2)ccc1F. The van der Waals surface area contributed by atoms with Gasteiger partial charge in [-0.25, -0.2) is 26.3 Å². The fourth-order valence-electron chi connectivity index (χ4n) is 2.09. The second-order valence-electron chi connectivity index (χ2n) is 6.58. The quantitative estimate of drug-likeness (QED) is 0.845. The number of hydrogen-bond donors (Lipinski definition) is 2. The van der Waals surface area contributed by atoms with Crippen molar-refractivity contribution in [1.82, 2.24) is 4.72 Å². The van der Waals surface area contributed by atoms with Crippen molar-refractivity contribution >= 4 is 21.6 Å². The van der Waals surface area contributed by atoms with E-state index < -0.39 is 43.8 Å². The first-order valence-corrected chi connectivity index (χ1v) is 8.97. The molecular weight excluding hydrogens is 369 g/mol. The van der Waals surface area contributed by atoms with Crippen LogP contribution in [0.2, 0.25) is 0 Å². The first kappa shape index (κ1) is 19.9. The topological polar surface area (TPSA) is 75.3 Å². The van der Waals surface area contributed by atoms with E-state index in [9.17, 15) is 26.4 Å². The Kier molecular flexibility index (Phi) is 5.43. The zero-order chi connectivity index (χ0) is 19.7. The van der Waals surface area contributed by atoms with Crippen molar-refractivity contribution in [3.05, 3.63) is 59.4 Å². The van der Waals surface area contributed by atoms with Crippen LogP contribution >= 0.6 is 0 Å². The summed E-state index contributed by atoms with van der Waals surface area (Å²) < 4.78 is 67.0. The number of carbonyl (C=O) groups excluding carboxylic acids is 1. The Morgan fingerprint density at radius 1 is 0.923 bits per heavy atom. The standard InChI is InChI=1S/C17H17F3N2O3S/c1-17(2,3)22-26(24,25)15-8-10(4-6-13(15)19)16(23)21-11-5-7-12(18)14(20)9-11/h4-9,22H,1-3H3,(H,21,23). The van der Waals surface area contributed by atoms with Crippen molar-refractivity contribution in [2.75, 3.05) is 5.32 Å². The average Bonchev–Trinajstić information content (AvgIpc) is 2.48. The summed E-state index contributed by atoms with van der Waals surface area (Å²) in [5.41, 5.74) is -1.05. The number of hydrogen-bond acceptors (Lipinski definition) is 3. The Labute approximate surface area is 149 Å². The number of anilines is 1. The van der Waals surface area contributed by atoms with Gasteiger partial charge in [0.1, 0.15) is 10.7 Å². The van der Waals surface area contributed by atoms with Crippen molar-refractivity contribution in [3.63, 3.8) is 0 Å². The van der Waals surface area contributed by atoms with Crippen LogP contribution in [0.25, 0.3) is 0 Å². The van der Waals surface area contributed by atoms with Crippen LogP contribution in [-0.4, -0.2) is 19.9 Å². The summed E-state index contributed by atoms with van der Waals surface area (Å²) in [5.74, 6) is -4.06. The molecule has 0 radical (unpaired) electrons. The molecule has 2 aromatic carbocycles. The number of sulfonamides is 1. The molecule has 0 fully saturated rings. The molecule has 0 aliphatic rings. The number of amides is 1. The van der Waals surface area contributed by atoms with Gasteiger partial charge in [-0.05, 0) is 51.1 Å². The third kappa shape index (κ3) is 4.83. The largest absolute Gasteiger partial charge is 0.322 e. The molecule has 0 bridgehead atoms. The normalized spacial score (nSPS) is 12.1.